The molecule has 36 heavy (non-hydrogen) atoms. The normalized spacial score (nSPS) is 11.5. The lowest BCUT2D eigenvalue weighted by atomic mass is 10.1. The minimum Gasteiger partial charge on any atom is -0.480 e. The van der Waals surface area contributed by atoms with Crippen molar-refractivity contribution in [3.63, 3.8) is 0 Å². The quantitative estimate of drug-likeness (QED) is 0.163. The molecule has 0 amide bonds. The highest BCUT2D eigenvalue weighted by molar-refractivity contribution is 8.24. The summed E-state index contributed by atoms with van der Waals surface area (Å²) < 4.78 is 0.634. The average Bonchev–Trinajstić information content (AvgIpc) is 2.89. The Balaban J connectivity index is 1.64. The Bertz CT molecular complexity index is 1240. The predicted octanol–water partition coefficient (Wildman–Crippen LogP) is 5.33. The zero-order chi connectivity index (χ0) is 25.9. The number of nitrogens with two attached hydrogens (primary N) is 1. The third kappa shape index (κ3) is 8.21. The van der Waals surface area contributed by atoms with Gasteiger partial charge in [0, 0.05) is 45.4 Å². The Labute approximate surface area is 229 Å². The van der Waals surface area contributed by atoms with Gasteiger partial charge in [0.15, 0.2) is 0 Å². The van der Waals surface area contributed by atoms with E-state index < -0.39 is 12.0 Å². The molecule has 0 saturated carbocycles. The molecular formula is C26H25N3O3S4. The van der Waals surface area contributed by atoms with Crippen LogP contribution in [0.5, 0.6) is 0 Å². The fourth-order valence-corrected chi connectivity index (χ4v) is 5.88. The molecule has 0 radical (unpaired) electrons. The molecule has 0 aliphatic heterocycles. The van der Waals surface area contributed by atoms with Gasteiger partial charge < -0.3 is 16.2 Å². The molecule has 6 nitrogen and oxygen atoms in total. The number of nitrogens with zero attached hydrogens (tertiary/aromatic N) is 1. The van der Waals surface area contributed by atoms with Gasteiger partial charge in [0.05, 0.1) is 4.20 Å². The SMILES string of the molecule is N[C@@H](CCCCNC(=S)c1ccccc1SC(=S)c1ccccc1SC(=O)c1cccnc1)C(=O)O. The zero-order valence-electron chi connectivity index (χ0n) is 19.3. The third-order valence-electron chi connectivity index (χ3n) is 5.09. The van der Waals surface area contributed by atoms with Crippen molar-refractivity contribution in [3.05, 3.63) is 89.7 Å². The molecule has 10 heteroatoms. The van der Waals surface area contributed by atoms with Crippen molar-refractivity contribution < 1.29 is 14.7 Å². The smallest absolute Gasteiger partial charge is 0.320 e. The number of unbranched alkanes of at least 4 members (excludes halogenated alkanes) is 1. The van der Waals surface area contributed by atoms with E-state index in [2.05, 4.69) is 10.3 Å². The first-order valence-corrected chi connectivity index (χ1v) is 13.6. The number of benzene rings is 2. The highest BCUT2D eigenvalue weighted by Crippen LogP contribution is 2.33. The van der Waals surface area contributed by atoms with Crippen LogP contribution in [-0.4, -0.2) is 42.9 Å². The van der Waals surface area contributed by atoms with Crippen molar-refractivity contribution in [1.29, 1.82) is 0 Å². The number of nitrogens with one attached hydrogen (secondary N) is 1. The Hall–Kier alpha value is -2.63. The molecule has 0 aliphatic carbocycles. The van der Waals surface area contributed by atoms with Gasteiger partial charge in [-0.1, -0.05) is 72.6 Å². The van der Waals surface area contributed by atoms with Crippen molar-refractivity contribution in [2.45, 2.75) is 35.1 Å². The molecule has 1 aromatic heterocycles. The minimum absolute atomic E-state index is 0.0987. The third-order valence-corrected chi connectivity index (χ3v) is 7.90. The maximum Gasteiger partial charge on any atom is 0.320 e. The highest BCUT2D eigenvalue weighted by Gasteiger charge is 2.17. The molecule has 0 aliphatic rings. The van der Waals surface area contributed by atoms with E-state index in [0.717, 1.165) is 39.1 Å². The highest BCUT2D eigenvalue weighted by atomic mass is 32.2. The number of thiocarbonyl (C=S) groups is 2. The van der Waals surface area contributed by atoms with E-state index in [1.165, 1.54) is 11.8 Å². The second-order valence-electron chi connectivity index (χ2n) is 7.71. The van der Waals surface area contributed by atoms with Crippen molar-refractivity contribution in [1.82, 2.24) is 10.3 Å². The fraction of sp³-hybridized carbons (Fsp3) is 0.192. The first-order valence-electron chi connectivity index (χ1n) is 11.2. The van der Waals surface area contributed by atoms with E-state index in [0.29, 0.717) is 34.1 Å². The zero-order valence-corrected chi connectivity index (χ0v) is 22.5. The van der Waals surface area contributed by atoms with Gasteiger partial charge in [-0.15, -0.1) is 0 Å². The number of carbonyl (C=O) groups excluding carboxylic acids is 1. The number of hydrogen-bond acceptors (Lipinski definition) is 8. The Morgan fingerprint density at radius 2 is 1.61 bits per heavy atom. The largest absolute Gasteiger partial charge is 0.480 e. The number of pyridine rings is 1. The summed E-state index contributed by atoms with van der Waals surface area (Å²) in [6, 6.07) is 18.0. The van der Waals surface area contributed by atoms with Crippen molar-refractivity contribution in [2.75, 3.05) is 6.54 Å². The van der Waals surface area contributed by atoms with Crippen LogP contribution < -0.4 is 11.1 Å². The van der Waals surface area contributed by atoms with Crippen LogP contribution in [0.1, 0.15) is 40.7 Å². The second kappa shape index (κ2) is 14.2. The molecule has 186 valence electrons. The van der Waals surface area contributed by atoms with E-state index in [-0.39, 0.29) is 5.12 Å². The molecule has 0 bridgehead atoms. The van der Waals surface area contributed by atoms with E-state index in [1.54, 1.807) is 24.5 Å². The predicted molar refractivity (Wildman–Crippen MR) is 154 cm³/mol. The molecular weight excluding hydrogens is 531 g/mol. The molecule has 2 aromatic carbocycles. The molecule has 0 saturated heterocycles. The Morgan fingerprint density at radius 3 is 2.28 bits per heavy atom. The van der Waals surface area contributed by atoms with Gasteiger partial charge in [-0.25, -0.2) is 0 Å². The summed E-state index contributed by atoms with van der Waals surface area (Å²) in [4.78, 5) is 29.9. The van der Waals surface area contributed by atoms with Crippen LogP contribution in [0.3, 0.4) is 0 Å². The lowest BCUT2D eigenvalue weighted by Gasteiger charge is -2.14. The first-order chi connectivity index (χ1) is 17.4. The number of hydrogen-bond donors (Lipinski definition) is 3. The molecule has 0 spiro atoms. The van der Waals surface area contributed by atoms with Crippen LogP contribution in [0.2, 0.25) is 0 Å². The number of aliphatic carboxylic acids is 1. The van der Waals surface area contributed by atoms with Crippen LogP contribution >= 0.6 is 48.0 Å². The van der Waals surface area contributed by atoms with Gasteiger partial charge in [-0.2, -0.15) is 0 Å². The maximum absolute atomic E-state index is 12.7. The van der Waals surface area contributed by atoms with Crippen LogP contribution in [0.15, 0.2) is 82.8 Å². The number of carbonyl (C=O) groups is 2. The average molecular weight is 556 g/mol. The standard InChI is InChI=1S/C26H25N3O3S4/c27-20(24(30)31)11-5-6-15-29-23(33)18-9-1-3-12-21(18)36-26(34)19-10-2-4-13-22(19)35-25(32)17-8-7-14-28-16-17/h1-4,7-10,12-14,16,20H,5-6,11,15,27H2,(H,29,33)(H,30,31)/t20-/m0/s1. The van der Waals surface area contributed by atoms with Gasteiger partial charge in [0.1, 0.15) is 11.0 Å². The van der Waals surface area contributed by atoms with Crippen LogP contribution in [0, 0.1) is 0 Å². The molecule has 1 atom stereocenters. The Kier molecular flexibility index (Phi) is 11.0. The van der Waals surface area contributed by atoms with Gasteiger partial charge in [-0.3, -0.25) is 14.6 Å². The topological polar surface area (TPSA) is 105 Å². The fourth-order valence-electron chi connectivity index (χ4n) is 3.17. The van der Waals surface area contributed by atoms with Gasteiger partial charge in [0.2, 0.25) is 5.12 Å². The van der Waals surface area contributed by atoms with Crippen LogP contribution in [0.25, 0.3) is 0 Å². The summed E-state index contributed by atoms with van der Waals surface area (Å²) in [6.07, 6.45) is 5.05. The van der Waals surface area contributed by atoms with Gasteiger partial charge in [-0.05, 0) is 55.3 Å². The monoisotopic (exact) mass is 555 g/mol. The van der Waals surface area contributed by atoms with E-state index >= 15 is 0 Å². The summed E-state index contributed by atoms with van der Waals surface area (Å²) >= 11 is 13.9. The lowest BCUT2D eigenvalue weighted by molar-refractivity contribution is -0.138. The van der Waals surface area contributed by atoms with E-state index in [9.17, 15) is 9.59 Å². The molecule has 1 heterocycles. The van der Waals surface area contributed by atoms with Crippen LogP contribution in [0.4, 0.5) is 0 Å². The summed E-state index contributed by atoms with van der Waals surface area (Å²) in [5, 5.41) is 12.0. The number of carboxylic acid groups (broad SMARTS) is 1. The lowest BCUT2D eigenvalue weighted by Crippen LogP contribution is -2.30. The number of aromatic nitrogens is 1. The van der Waals surface area contributed by atoms with Crippen molar-refractivity contribution >= 4 is 68.2 Å². The summed E-state index contributed by atoms with van der Waals surface area (Å²) in [7, 11) is 0. The summed E-state index contributed by atoms with van der Waals surface area (Å²) in [5.41, 5.74) is 7.75. The maximum atomic E-state index is 12.7. The van der Waals surface area contributed by atoms with Crippen LogP contribution in [-0.2, 0) is 4.79 Å². The Morgan fingerprint density at radius 1 is 0.944 bits per heavy atom. The summed E-state index contributed by atoms with van der Waals surface area (Å²) in [6.45, 7) is 0.616. The van der Waals surface area contributed by atoms with E-state index in [1.807, 2.05) is 48.5 Å². The molecule has 4 N–H and O–H groups in total. The first kappa shape index (κ1) is 27.9. The van der Waals surface area contributed by atoms with Gasteiger partial charge in [0.25, 0.3) is 0 Å². The minimum atomic E-state index is -0.984. The second-order valence-corrected chi connectivity index (χ2v) is 10.9. The summed E-state index contributed by atoms with van der Waals surface area (Å²) in [5.74, 6) is -0.984. The van der Waals surface area contributed by atoms with E-state index in [4.69, 9.17) is 35.3 Å². The number of carboxylic acids is 1. The number of rotatable bonds is 11. The van der Waals surface area contributed by atoms with Crippen molar-refractivity contribution in [3.8, 4) is 0 Å². The van der Waals surface area contributed by atoms with Crippen molar-refractivity contribution in [2.24, 2.45) is 5.73 Å². The van der Waals surface area contributed by atoms with Gasteiger partial charge >= 0.3 is 5.97 Å². The molecule has 3 aromatic rings. The molecule has 3 rings (SSSR count). The molecule has 0 fully saturated rings. The molecule has 0 unspecified atom stereocenters. The number of thioether (sulfide) groups is 2.